The predicted molar refractivity (Wildman–Crippen MR) is 116 cm³/mol. The highest BCUT2D eigenvalue weighted by Gasteiger charge is 2.24. The van der Waals surface area contributed by atoms with E-state index in [2.05, 4.69) is 21.3 Å². The Balaban J connectivity index is 4.00. The Hall–Kier alpha value is -2.60. The first-order valence-corrected chi connectivity index (χ1v) is 10.4. The Morgan fingerprint density at radius 2 is 1.12 bits per heavy atom. The molecule has 0 radical (unpaired) electrons. The highest BCUT2D eigenvalue weighted by Crippen LogP contribution is 2.07. The third kappa shape index (κ3) is 16.1. The Labute approximate surface area is 188 Å². The van der Waals surface area contributed by atoms with Gasteiger partial charge in [-0.15, -0.1) is 0 Å². The van der Waals surface area contributed by atoms with Gasteiger partial charge in [-0.25, -0.2) is 9.59 Å². The quantitative estimate of drug-likeness (QED) is 0.228. The summed E-state index contributed by atoms with van der Waals surface area (Å²) in [5.74, 6) is -1.24. The highest BCUT2D eigenvalue weighted by atomic mass is 16.6. The fourth-order valence-corrected chi connectivity index (χ4v) is 2.15. The van der Waals surface area contributed by atoms with E-state index >= 15 is 0 Å². The first-order chi connectivity index (χ1) is 14.6. The minimum Gasteiger partial charge on any atom is -0.444 e. The Morgan fingerprint density at radius 3 is 1.56 bits per heavy atom. The van der Waals surface area contributed by atoms with Crippen molar-refractivity contribution >= 4 is 24.0 Å². The maximum absolute atomic E-state index is 11.9. The van der Waals surface area contributed by atoms with Crippen molar-refractivity contribution in [1.82, 2.24) is 21.3 Å². The van der Waals surface area contributed by atoms with Crippen molar-refractivity contribution in [2.24, 2.45) is 0 Å². The number of aliphatic hydroxyl groups excluding tert-OH is 2. The number of amides is 4. The number of hydrogen-bond donors (Lipinski definition) is 6. The molecule has 0 saturated carbocycles. The van der Waals surface area contributed by atoms with Gasteiger partial charge < -0.3 is 41.0 Å². The van der Waals surface area contributed by atoms with Gasteiger partial charge in [-0.1, -0.05) is 0 Å². The third-order valence-electron chi connectivity index (χ3n) is 3.51. The minimum atomic E-state index is -1.72. The van der Waals surface area contributed by atoms with Gasteiger partial charge in [-0.05, 0) is 48.0 Å². The lowest BCUT2D eigenvalue weighted by Crippen LogP contribution is -2.45. The predicted octanol–water partition coefficient (Wildman–Crippen LogP) is -0.230. The Morgan fingerprint density at radius 1 is 0.719 bits per heavy atom. The Bertz CT molecular complexity index is 628. The maximum Gasteiger partial charge on any atom is 0.407 e. The second-order valence-electron chi connectivity index (χ2n) is 9.05. The lowest BCUT2D eigenvalue weighted by molar-refractivity contribution is -0.136. The van der Waals surface area contributed by atoms with Gasteiger partial charge in [-0.2, -0.15) is 0 Å². The molecule has 0 aromatic heterocycles. The molecule has 0 aromatic carbocycles. The molecule has 32 heavy (non-hydrogen) atoms. The van der Waals surface area contributed by atoms with Crippen LogP contribution in [0.1, 0.15) is 54.4 Å². The maximum atomic E-state index is 11.9. The number of carbonyl (C=O) groups excluding carboxylic acids is 4. The van der Waals surface area contributed by atoms with E-state index in [1.54, 1.807) is 41.5 Å². The lowest BCUT2D eigenvalue weighted by atomic mass is 10.1. The zero-order valence-electron chi connectivity index (χ0n) is 19.7. The van der Waals surface area contributed by atoms with E-state index in [0.717, 1.165) is 0 Å². The molecule has 0 fully saturated rings. The van der Waals surface area contributed by atoms with Crippen LogP contribution in [0.15, 0.2) is 0 Å². The van der Waals surface area contributed by atoms with Crippen LogP contribution in [-0.4, -0.2) is 83.8 Å². The summed E-state index contributed by atoms with van der Waals surface area (Å²) in [5, 5.41) is 29.6. The van der Waals surface area contributed by atoms with Crippen molar-refractivity contribution in [3.8, 4) is 0 Å². The molecule has 6 N–H and O–H groups in total. The molecule has 0 saturated heterocycles. The Kier molecular flexibility index (Phi) is 12.6. The van der Waals surface area contributed by atoms with Crippen LogP contribution in [0.3, 0.4) is 0 Å². The van der Waals surface area contributed by atoms with Gasteiger partial charge in [-0.3, -0.25) is 9.59 Å². The summed E-state index contributed by atoms with van der Waals surface area (Å²) in [6, 6.07) is 0. The van der Waals surface area contributed by atoms with Gasteiger partial charge in [0.25, 0.3) is 5.91 Å². The molecule has 0 unspecified atom stereocenters. The first-order valence-electron chi connectivity index (χ1n) is 10.4. The molecular formula is C20H38N4O8. The average Bonchev–Trinajstić information content (AvgIpc) is 2.63. The molecule has 0 aliphatic heterocycles. The van der Waals surface area contributed by atoms with E-state index in [4.69, 9.17) is 9.47 Å². The zero-order valence-corrected chi connectivity index (χ0v) is 19.7. The molecule has 0 aromatic rings. The minimum absolute atomic E-state index is 0.0208. The molecule has 12 nitrogen and oxygen atoms in total. The monoisotopic (exact) mass is 462 g/mol. The summed E-state index contributed by atoms with van der Waals surface area (Å²) in [4.78, 5) is 46.6. The van der Waals surface area contributed by atoms with Crippen LogP contribution < -0.4 is 21.3 Å². The van der Waals surface area contributed by atoms with Crippen molar-refractivity contribution in [2.45, 2.75) is 77.8 Å². The molecule has 186 valence electrons. The molecule has 2 atom stereocenters. The van der Waals surface area contributed by atoms with Gasteiger partial charge in [0.2, 0.25) is 5.91 Å². The van der Waals surface area contributed by atoms with Gasteiger partial charge in [0.1, 0.15) is 11.2 Å². The topological polar surface area (TPSA) is 175 Å². The van der Waals surface area contributed by atoms with E-state index in [9.17, 15) is 29.4 Å². The number of ether oxygens (including phenoxy) is 2. The summed E-state index contributed by atoms with van der Waals surface area (Å²) in [5.41, 5.74) is -1.26. The van der Waals surface area contributed by atoms with Gasteiger partial charge in [0, 0.05) is 32.6 Å². The average molecular weight is 463 g/mol. The SMILES string of the molecule is CC(C)(C)OC(=O)NCCNC(=O)CC[C@@H](O)[C@H](O)C(=O)NCCNC(=O)OC(C)(C)C. The van der Waals surface area contributed by atoms with Crippen molar-refractivity contribution in [3.63, 3.8) is 0 Å². The number of carbonyl (C=O) groups is 4. The van der Waals surface area contributed by atoms with E-state index in [1.807, 2.05) is 0 Å². The fraction of sp³-hybridized carbons (Fsp3) is 0.800. The lowest BCUT2D eigenvalue weighted by Gasteiger charge is -2.20. The number of nitrogens with one attached hydrogen (secondary N) is 4. The van der Waals surface area contributed by atoms with Crippen molar-refractivity contribution in [1.29, 1.82) is 0 Å². The van der Waals surface area contributed by atoms with Crippen LogP contribution in [0.2, 0.25) is 0 Å². The van der Waals surface area contributed by atoms with Gasteiger partial charge in [0.05, 0.1) is 6.10 Å². The third-order valence-corrected chi connectivity index (χ3v) is 3.51. The fourth-order valence-electron chi connectivity index (χ4n) is 2.15. The standard InChI is InChI=1S/C20H38N4O8/c1-19(2,3)31-17(29)23-11-9-21-14(26)8-7-13(25)15(27)16(28)22-10-12-24-18(30)32-20(4,5)6/h13,15,25,27H,7-12H2,1-6H3,(H,21,26)(H,22,28)(H,23,29)(H,24,30)/t13-,15+/m1/s1. The molecule has 0 bridgehead atoms. The number of hydrogen-bond acceptors (Lipinski definition) is 8. The van der Waals surface area contributed by atoms with E-state index in [-0.39, 0.29) is 39.0 Å². The molecule has 4 amide bonds. The van der Waals surface area contributed by atoms with E-state index < -0.39 is 47.4 Å². The van der Waals surface area contributed by atoms with E-state index in [0.29, 0.717) is 0 Å². The van der Waals surface area contributed by atoms with Crippen LogP contribution in [-0.2, 0) is 19.1 Å². The van der Waals surface area contributed by atoms with Crippen molar-refractivity contribution < 1.29 is 38.9 Å². The van der Waals surface area contributed by atoms with Gasteiger partial charge >= 0.3 is 12.2 Å². The second kappa shape index (κ2) is 13.7. The molecule has 0 heterocycles. The molecule has 0 rings (SSSR count). The summed E-state index contributed by atoms with van der Waals surface area (Å²) in [7, 11) is 0. The normalized spacial score (nSPS) is 13.4. The molecular weight excluding hydrogens is 424 g/mol. The van der Waals surface area contributed by atoms with E-state index in [1.165, 1.54) is 0 Å². The zero-order chi connectivity index (χ0) is 24.9. The largest absolute Gasteiger partial charge is 0.444 e. The van der Waals surface area contributed by atoms with Gasteiger partial charge in [0.15, 0.2) is 6.10 Å². The molecule has 0 spiro atoms. The summed E-state index contributed by atoms with van der Waals surface area (Å²) in [6.45, 7) is 10.7. The smallest absolute Gasteiger partial charge is 0.407 e. The first kappa shape index (κ1) is 29.4. The van der Waals surface area contributed by atoms with Crippen molar-refractivity contribution in [2.75, 3.05) is 26.2 Å². The molecule has 0 aliphatic carbocycles. The van der Waals surface area contributed by atoms with Crippen LogP contribution >= 0.6 is 0 Å². The summed E-state index contributed by atoms with van der Waals surface area (Å²) >= 11 is 0. The second-order valence-corrected chi connectivity index (χ2v) is 9.05. The van der Waals surface area contributed by atoms with Crippen LogP contribution in [0.4, 0.5) is 9.59 Å². The van der Waals surface area contributed by atoms with Crippen LogP contribution in [0, 0.1) is 0 Å². The van der Waals surface area contributed by atoms with Crippen molar-refractivity contribution in [3.05, 3.63) is 0 Å². The van der Waals surface area contributed by atoms with Crippen LogP contribution in [0.25, 0.3) is 0 Å². The molecule has 0 aliphatic rings. The number of alkyl carbamates (subject to hydrolysis) is 2. The number of rotatable bonds is 11. The highest BCUT2D eigenvalue weighted by molar-refractivity contribution is 5.81. The van der Waals surface area contributed by atoms with Crippen LogP contribution in [0.5, 0.6) is 0 Å². The summed E-state index contributed by atoms with van der Waals surface area (Å²) in [6.07, 6.45) is -4.68. The molecule has 12 heteroatoms. The number of aliphatic hydroxyl groups is 2. The summed E-state index contributed by atoms with van der Waals surface area (Å²) < 4.78 is 10.1.